The van der Waals surface area contributed by atoms with Gasteiger partial charge in [0.25, 0.3) is 0 Å². The molecule has 0 aliphatic heterocycles. The van der Waals surface area contributed by atoms with E-state index < -0.39 is 22.9 Å². The molecule has 2 rings (SSSR count). The van der Waals surface area contributed by atoms with Gasteiger partial charge in [-0.2, -0.15) is 0 Å². The first-order valence-electron chi connectivity index (χ1n) is 5.95. The molecule has 5 heteroatoms. The summed E-state index contributed by atoms with van der Waals surface area (Å²) in [6.07, 6.45) is 1.69. The smallest absolute Gasteiger partial charge is 0.230 e. The maximum atomic E-state index is 13.7. The van der Waals surface area contributed by atoms with Crippen LogP contribution in [0.5, 0.6) is 0 Å². The molecule has 1 fully saturated rings. The van der Waals surface area contributed by atoms with Crippen LogP contribution < -0.4 is 5.32 Å². The molecule has 1 aliphatic rings. The Labute approximate surface area is 103 Å². The first-order valence-corrected chi connectivity index (χ1v) is 5.95. The van der Waals surface area contributed by atoms with E-state index in [0.717, 1.165) is 18.6 Å². The number of carbonyl (C=O) groups excluding carboxylic acids is 1. The summed E-state index contributed by atoms with van der Waals surface area (Å²) >= 11 is 0. The molecule has 1 aromatic carbocycles. The SMILES string of the molecule is CCCNC(=O)C1(c2ccc(F)c(F)c2F)CC1. The molecule has 18 heavy (non-hydrogen) atoms. The lowest BCUT2D eigenvalue weighted by atomic mass is 9.94. The first kappa shape index (κ1) is 12.9. The summed E-state index contributed by atoms with van der Waals surface area (Å²) in [5.74, 6) is -4.31. The second-order valence-corrected chi connectivity index (χ2v) is 4.56. The van der Waals surface area contributed by atoms with E-state index in [1.54, 1.807) is 0 Å². The molecule has 0 bridgehead atoms. The Balaban J connectivity index is 2.31. The lowest BCUT2D eigenvalue weighted by Gasteiger charge is -2.16. The average molecular weight is 257 g/mol. The quantitative estimate of drug-likeness (QED) is 0.825. The molecule has 0 atom stereocenters. The molecule has 1 amide bonds. The standard InChI is InChI=1S/C13H14F3NO/c1-2-7-17-12(18)13(5-6-13)8-3-4-9(14)11(16)10(8)15/h3-4H,2,5-7H2,1H3,(H,17,18). The number of halogens is 3. The van der Waals surface area contributed by atoms with Crippen LogP contribution in [0, 0.1) is 17.5 Å². The number of rotatable bonds is 4. The Morgan fingerprint density at radius 2 is 1.94 bits per heavy atom. The van der Waals surface area contributed by atoms with Gasteiger partial charge < -0.3 is 5.32 Å². The van der Waals surface area contributed by atoms with Crippen LogP contribution in [0.3, 0.4) is 0 Å². The van der Waals surface area contributed by atoms with Gasteiger partial charge >= 0.3 is 0 Å². The van der Waals surface area contributed by atoms with Crippen molar-refractivity contribution in [2.75, 3.05) is 6.54 Å². The van der Waals surface area contributed by atoms with E-state index in [1.165, 1.54) is 0 Å². The van der Waals surface area contributed by atoms with Crippen molar-refractivity contribution in [3.63, 3.8) is 0 Å². The third-order valence-electron chi connectivity index (χ3n) is 3.27. The minimum Gasteiger partial charge on any atom is -0.355 e. The van der Waals surface area contributed by atoms with Gasteiger partial charge in [0.2, 0.25) is 5.91 Å². The van der Waals surface area contributed by atoms with Gasteiger partial charge in [0.1, 0.15) is 0 Å². The molecule has 0 unspecified atom stereocenters. The van der Waals surface area contributed by atoms with Gasteiger partial charge in [-0.05, 0) is 25.3 Å². The first-order chi connectivity index (χ1) is 8.53. The Morgan fingerprint density at radius 3 is 2.50 bits per heavy atom. The summed E-state index contributed by atoms with van der Waals surface area (Å²) in [6, 6.07) is 2.02. The zero-order valence-electron chi connectivity index (χ0n) is 10.0. The summed E-state index contributed by atoms with van der Waals surface area (Å²) in [5.41, 5.74) is -1.05. The Kier molecular flexibility index (Phi) is 3.32. The number of hydrogen-bond donors (Lipinski definition) is 1. The zero-order valence-corrected chi connectivity index (χ0v) is 10.0. The van der Waals surface area contributed by atoms with E-state index in [1.807, 2.05) is 6.92 Å². The second kappa shape index (κ2) is 4.63. The van der Waals surface area contributed by atoms with Gasteiger partial charge in [-0.3, -0.25) is 4.79 Å². The Bertz CT molecular complexity index is 483. The Hall–Kier alpha value is -1.52. The lowest BCUT2D eigenvalue weighted by molar-refractivity contribution is -0.123. The number of amides is 1. The van der Waals surface area contributed by atoms with Crippen molar-refractivity contribution in [3.05, 3.63) is 35.1 Å². The average Bonchev–Trinajstić information content (AvgIpc) is 3.14. The molecule has 0 radical (unpaired) electrons. The van der Waals surface area contributed by atoms with E-state index >= 15 is 0 Å². The van der Waals surface area contributed by atoms with E-state index in [-0.39, 0.29) is 11.5 Å². The van der Waals surface area contributed by atoms with Crippen LogP contribution in [-0.2, 0) is 10.2 Å². The number of benzene rings is 1. The molecular weight excluding hydrogens is 243 g/mol. The summed E-state index contributed by atoms with van der Waals surface area (Å²) in [6.45, 7) is 2.39. The van der Waals surface area contributed by atoms with Crippen LogP contribution in [0.15, 0.2) is 12.1 Å². The van der Waals surface area contributed by atoms with Gasteiger partial charge in [0.15, 0.2) is 17.5 Å². The highest BCUT2D eigenvalue weighted by molar-refractivity contribution is 5.91. The third-order valence-corrected chi connectivity index (χ3v) is 3.27. The number of hydrogen-bond acceptors (Lipinski definition) is 1. The van der Waals surface area contributed by atoms with Crippen molar-refractivity contribution in [3.8, 4) is 0 Å². The van der Waals surface area contributed by atoms with E-state index in [4.69, 9.17) is 0 Å². The van der Waals surface area contributed by atoms with Crippen molar-refractivity contribution in [1.29, 1.82) is 0 Å². The van der Waals surface area contributed by atoms with E-state index in [9.17, 15) is 18.0 Å². The maximum absolute atomic E-state index is 13.7. The molecule has 0 aromatic heterocycles. The summed E-state index contributed by atoms with van der Waals surface area (Å²) in [4.78, 5) is 11.9. The largest absolute Gasteiger partial charge is 0.355 e. The highest BCUT2D eigenvalue weighted by atomic mass is 19.2. The normalized spacial score (nSPS) is 16.4. The van der Waals surface area contributed by atoms with Gasteiger partial charge in [-0.15, -0.1) is 0 Å². The molecule has 98 valence electrons. The minimum atomic E-state index is -1.51. The molecule has 1 saturated carbocycles. The van der Waals surface area contributed by atoms with Gasteiger partial charge in [0.05, 0.1) is 5.41 Å². The molecular formula is C13H14F3NO. The summed E-state index contributed by atoms with van der Waals surface area (Å²) < 4.78 is 39.7. The van der Waals surface area contributed by atoms with E-state index in [2.05, 4.69) is 5.32 Å². The van der Waals surface area contributed by atoms with Gasteiger partial charge in [-0.25, -0.2) is 13.2 Å². The summed E-state index contributed by atoms with van der Waals surface area (Å²) in [7, 11) is 0. The van der Waals surface area contributed by atoms with Crippen LogP contribution >= 0.6 is 0 Å². The molecule has 0 saturated heterocycles. The molecule has 1 aromatic rings. The van der Waals surface area contributed by atoms with Crippen molar-refractivity contribution in [2.45, 2.75) is 31.6 Å². The van der Waals surface area contributed by atoms with Gasteiger partial charge in [-0.1, -0.05) is 13.0 Å². The van der Waals surface area contributed by atoms with Crippen LogP contribution in [0.4, 0.5) is 13.2 Å². The molecule has 0 spiro atoms. The van der Waals surface area contributed by atoms with Crippen LogP contribution in [0.25, 0.3) is 0 Å². The highest BCUT2D eigenvalue weighted by Crippen LogP contribution is 2.49. The Morgan fingerprint density at radius 1 is 1.28 bits per heavy atom. The van der Waals surface area contributed by atoms with Crippen molar-refractivity contribution in [1.82, 2.24) is 5.32 Å². The fourth-order valence-electron chi connectivity index (χ4n) is 2.05. The van der Waals surface area contributed by atoms with Crippen molar-refractivity contribution in [2.24, 2.45) is 0 Å². The monoisotopic (exact) mass is 257 g/mol. The predicted octanol–water partition coefficient (Wildman–Crippen LogP) is 2.66. The van der Waals surface area contributed by atoms with Crippen LogP contribution in [0.1, 0.15) is 31.7 Å². The maximum Gasteiger partial charge on any atom is 0.230 e. The fraction of sp³-hybridized carbons (Fsp3) is 0.462. The number of nitrogens with one attached hydrogen (secondary N) is 1. The van der Waals surface area contributed by atoms with Crippen molar-refractivity contribution < 1.29 is 18.0 Å². The minimum absolute atomic E-state index is 0.0463. The van der Waals surface area contributed by atoms with E-state index in [0.29, 0.717) is 19.4 Å². The molecule has 0 heterocycles. The van der Waals surface area contributed by atoms with Crippen LogP contribution in [-0.4, -0.2) is 12.5 Å². The molecule has 1 N–H and O–H groups in total. The summed E-state index contributed by atoms with van der Waals surface area (Å²) in [5, 5.41) is 2.67. The fourth-order valence-corrected chi connectivity index (χ4v) is 2.05. The predicted molar refractivity (Wildman–Crippen MR) is 60.5 cm³/mol. The second-order valence-electron chi connectivity index (χ2n) is 4.56. The molecule has 1 aliphatic carbocycles. The van der Waals surface area contributed by atoms with Crippen molar-refractivity contribution >= 4 is 5.91 Å². The lowest BCUT2D eigenvalue weighted by Crippen LogP contribution is -2.35. The van der Waals surface area contributed by atoms with Gasteiger partial charge in [0, 0.05) is 12.1 Å². The van der Waals surface area contributed by atoms with Crippen LogP contribution in [0.2, 0.25) is 0 Å². The number of carbonyl (C=O) groups is 1. The zero-order chi connectivity index (χ0) is 13.3. The third kappa shape index (κ3) is 1.98. The highest BCUT2D eigenvalue weighted by Gasteiger charge is 2.53. The topological polar surface area (TPSA) is 29.1 Å². The molecule has 2 nitrogen and oxygen atoms in total.